The number of carbonyl (C=O) groups excluding carboxylic acids is 2. The van der Waals surface area contributed by atoms with Crippen molar-refractivity contribution in [2.24, 2.45) is 5.92 Å². The van der Waals surface area contributed by atoms with Crippen LogP contribution in [0.2, 0.25) is 0 Å². The molecule has 0 spiro atoms. The highest BCUT2D eigenvalue weighted by Crippen LogP contribution is 2.32. The van der Waals surface area contributed by atoms with Gasteiger partial charge in [0.15, 0.2) is 11.4 Å². The lowest BCUT2D eigenvalue weighted by atomic mass is 10.1. The first-order valence-corrected chi connectivity index (χ1v) is 11.6. The Morgan fingerprint density at radius 2 is 2.12 bits per heavy atom. The molecule has 0 saturated carbocycles. The Hall–Kier alpha value is -2.67. The number of ether oxygens (including phenoxy) is 1. The molecule has 0 radical (unpaired) electrons. The number of pyridine rings is 1. The van der Waals surface area contributed by atoms with Crippen molar-refractivity contribution in [3.05, 3.63) is 60.8 Å². The Morgan fingerprint density at radius 1 is 1.36 bits per heavy atom. The number of hydrogen-bond donors (Lipinski definition) is 2. The van der Waals surface area contributed by atoms with E-state index in [-0.39, 0.29) is 35.7 Å². The Bertz CT molecular complexity index is 1170. The van der Waals surface area contributed by atoms with Gasteiger partial charge in [0.2, 0.25) is 5.43 Å². The van der Waals surface area contributed by atoms with Crippen LogP contribution in [0, 0.1) is 15.3 Å². The number of amides is 2. The normalized spacial score (nSPS) is 19.5. The molecule has 1 fully saturated rings. The molecule has 176 valence electrons. The maximum atomic E-state index is 13.3. The van der Waals surface area contributed by atoms with E-state index in [0.29, 0.717) is 35.3 Å². The van der Waals surface area contributed by atoms with Gasteiger partial charge in [0.1, 0.15) is 17.5 Å². The zero-order valence-corrected chi connectivity index (χ0v) is 20.3. The van der Waals surface area contributed by atoms with Gasteiger partial charge in [-0.25, -0.2) is 4.39 Å². The summed E-state index contributed by atoms with van der Waals surface area (Å²) in [5.74, 6) is -2.15. The molecule has 0 bridgehead atoms. The summed E-state index contributed by atoms with van der Waals surface area (Å²) in [6.07, 6.45) is 1.72. The topological polar surface area (TPSA) is 104 Å². The minimum Gasteiger partial charge on any atom is -0.502 e. The van der Waals surface area contributed by atoms with Crippen LogP contribution in [-0.4, -0.2) is 59.5 Å². The fourth-order valence-corrected chi connectivity index (χ4v) is 5.14. The van der Waals surface area contributed by atoms with Crippen molar-refractivity contribution in [2.75, 3.05) is 31.8 Å². The van der Waals surface area contributed by atoms with E-state index in [2.05, 4.69) is 5.32 Å². The number of fused-ring (bicyclic) bond motifs is 3. The molecule has 2 aliphatic heterocycles. The molecule has 2 atom stereocenters. The fraction of sp³-hybridized carbons (Fsp3) is 0.409. The summed E-state index contributed by atoms with van der Waals surface area (Å²) in [4.78, 5) is 40.4. The third kappa shape index (κ3) is 4.19. The first kappa shape index (κ1) is 23.5. The highest BCUT2D eigenvalue weighted by molar-refractivity contribution is 14.1. The Balaban J connectivity index is 1.68. The summed E-state index contributed by atoms with van der Waals surface area (Å²) in [5.41, 5.74) is -0.660. The second-order valence-electron chi connectivity index (χ2n) is 8.08. The molecule has 2 N–H and O–H groups in total. The number of nitrogens with one attached hydrogen (secondary N) is 1. The number of benzene rings is 1. The predicted octanol–water partition coefficient (Wildman–Crippen LogP) is 1.63. The Morgan fingerprint density at radius 3 is 2.79 bits per heavy atom. The van der Waals surface area contributed by atoms with Crippen molar-refractivity contribution in [3.8, 4) is 5.75 Å². The lowest BCUT2D eigenvalue weighted by Crippen LogP contribution is -2.58. The second-order valence-corrected chi connectivity index (χ2v) is 9.25. The summed E-state index contributed by atoms with van der Waals surface area (Å²) in [5, 5.41) is 15.2. The number of carbonyl (C=O) groups is 2. The SMILES string of the molecule is CCN1C(=O)c2c(O)c(=O)c(C(=O)NCc3ccc(F)cc3I)cn2N2C[C@@H](COC)C[C@@H]12. The highest BCUT2D eigenvalue weighted by atomic mass is 127. The van der Waals surface area contributed by atoms with Crippen LogP contribution in [0.3, 0.4) is 0 Å². The predicted molar refractivity (Wildman–Crippen MR) is 126 cm³/mol. The van der Waals surface area contributed by atoms with E-state index in [1.807, 2.05) is 34.5 Å². The van der Waals surface area contributed by atoms with Crippen LogP contribution in [0.4, 0.5) is 4.39 Å². The number of rotatable bonds is 6. The average Bonchev–Trinajstić information content (AvgIpc) is 3.19. The molecule has 9 nitrogen and oxygen atoms in total. The minimum atomic E-state index is -0.914. The molecule has 3 heterocycles. The van der Waals surface area contributed by atoms with E-state index in [4.69, 9.17) is 4.74 Å². The third-order valence-electron chi connectivity index (χ3n) is 6.04. The molecule has 2 aliphatic rings. The third-order valence-corrected chi connectivity index (χ3v) is 7.04. The first-order valence-electron chi connectivity index (χ1n) is 10.5. The Labute approximate surface area is 203 Å². The molecular formula is C22H24FIN4O5. The number of halogens is 2. The standard InChI is InChI=1S/C22H24FIN4O5/c1-3-26-17-6-12(11-33-2)9-27(17)28-10-15(19(29)20(30)18(28)22(26)32)21(31)25-8-13-4-5-14(23)7-16(13)24/h4-5,7,10,12,17,30H,3,6,8-9,11H2,1-2H3,(H,25,31)/t12-,17-/m0/s1. The quantitative estimate of drug-likeness (QED) is 0.512. The van der Waals surface area contributed by atoms with Crippen LogP contribution < -0.4 is 15.8 Å². The van der Waals surface area contributed by atoms with Crippen molar-refractivity contribution < 1.29 is 23.8 Å². The zero-order valence-electron chi connectivity index (χ0n) is 18.2. The molecule has 1 aromatic carbocycles. The van der Waals surface area contributed by atoms with E-state index in [1.54, 1.807) is 18.1 Å². The monoisotopic (exact) mass is 570 g/mol. The maximum Gasteiger partial charge on any atom is 0.278 e. The van der Waals surface area contributed by atoms with Crippen molar-refractivity contribution in [1.82, 2.24) is 14.9 Å². The second kappa shape index (κ2) is 9.29. The maximum absolute atomic E-state index is 13.3. The summed E-state index contributed by atoms with van der Waals surface area (Å²) >= 11 is 1.96. The number of hydrogen-bond acceptors (Lipinski definition) is 6. The lowest BCUT2D eigenvalue weighted by Gasteiger charge is -2.42. The van der Waals surface area contributed by atoms with Gasteiger partial charge in [0.25, 0.3) is 11.8 Å². The molecule has 11 heteroatoms. The van der Waals surface area contributed by atoms with Gasteiger partial charge in [-0.2, -0.15) is 0 Å². The summed E-state index contributed by atoms with van der Waals surface area (Å²) < 4.78 is 20.7. The van der Waals surface area contributed by atoms with Crippen molar-refractivity contribution in [1.29, 1.82) is 0 Å². The van der Waals surface area contributed by atoms with Crippen molar-refractivity contribution in [3.63, 3.8) is 0 Å². The van der Waals surface area contributed by atoms with Crippen LogP contribution in [0.15, 0.2) is 29.2 Å². The van der Waals surface area contributed by atoms with E-state index < -0.39 is 23.0 Å². The molecule has 2 amide bonds. The van der Waals surface area contributed by atoms with E-state index in [0.717, 1.165) is 0 Å². The van der Waals surface area contributed by atoms with Crippen LogP contribution in [0.5, 0.6) is 5.75 Å². The average molecular weight is 570 g/mol. The van der Waals surface area contributed by atoms with Gasteiger partial charge in [-0.05, 0) is 53.6 Å². The van der Waals surface area contributed by atoms with Crippen LogP contribution in [0.25, 0.3) is 0 Å². The molecule has 0 unspecified atom stereocenters. The van der Waals surface area contributed by atoms with Gasteiger partial charge in [-0.1, -0.05) is 6.07 Å². The Kier molecular flexibility index (Phi) is 6.61. The minimum absolute atomic E-state index is 0.0735. The summed E-state index contributed by atoms with van der Waals surface area (Å²) in [6, 6.07) is 4.19. The molecular weight excluding hydrogens is 546 g/mol. The van der Waals surface area contributed by atoms with Gasteiger partial charge in [-0.3, -0.25) is 24.1 Å². The molecule has 1 aromatic heterocycles. The number of nitrogens with zero attached hydrogens (tertiary/aromatic N) is 3. The van der Waals surface area contributed by atoms with Crippen LogP contribution in [0.1, 0.15) is 39.8 Å². The number of aromatic nitrogens is 1. The van der Waals surface area contributed by atoms with E-state index in [1.165, 1.54) is 23.0 Å². The highest BCUT2D eigenvalue weighted by Gasteiger charge is 2.45. The van der Waals surface area contributed by atoms with Gasteiger partial charge >= 0.3 is 0 Å². The summed E-state index contributed by atoms with van der Waals surface area (Å²) in [6.45, 7) is 3.36. The van der Waals surface area contributed by atoms with Gasteiger partial charge in [-0.15, -0.1) is 0 Å². The molecule has 0 aliphatic carbocycles. The van der Waals surface area contributed by atoms with Gasteiger partial charge in [0, 0.05) is 42.4 Å². The van der Waals surface area contributed by atoms with E-state index >= 15 is 0 Å². The van der Waals surface area contributed by atoms with E-state index in [9.17, 15) is 23.9 Å². The lowest BCUT2D eigenvalue weighted by molar-refractivity contribution is 0.0598. The summed E-state index contributed by atoms with van der Waals surface area (Å²) in [7, 11) is 1.61. The van der Waals surface area contributed by atoms with Gasteiger partial charge in [0.05, 0.1) is 6.61 Å². The largest absolute Gasteiger partial charge is 0.502 e. The van der Waals surface area contributed by atoms with Crippen LogP contribution >= 0.6 is 22.6 Å². The fourth-order valence-electron chi connectivity index (χ4n) is 4.47. The van der Waals surface area contributed by atoms with Gasteiger partial charge < -0.3 is 20.1 Å². The molecule has 33 heavy (non-hydrogen) atoms. The number of methoxy groups -OCH3 is 1. The molecule has 4 rings (SSSR count). The zero-order chi connectivity index (χ0) is 23.9. The smallest absolute Gasteiger partial charge is 0.278 e. The van der Waals surface area contributed by atoms with Crippen molar-refractivity contribution in [2.45, 2.75) is 26.1 Å². The first-order chi connectivity index (χ1) is 15.8. The molecule has 1 saturated heterocycles. The van der Waals surface area contributed by atoms with Crippen LogP contribution in [-0.2, 0) is 11.3 Å². The molecule has 2 aromatic rings. The van der Waals surface area contributed by atoms with Crippen molar-refractivity contribution >= 4 is 34.4 Å². The number of aromatic hydroxyl groups is 1.